The van der Waals surface area contributed by atoms with Gasteiger partial charge >= 0.3 is 11.7 Å². The zero-order valence-corrected chi connectivity index (χ0v) is 19.1. The molecule has 1 aromatic heterocycles. The molecule has 176 valence electrons. The molecule has 2 amide bonds. The molecule has 2 heterocycles. The number of benzene rings is 2. The number of hydrogen-bond donors (Lipinski definition) is 1. The lowest BCUT2D eigenvalue weighted by atomic mass is 10.0. The van der Waals surface area contributed by atoms with E-state index in [0.717, 1.165) is 48.6 Å². The summed E-state index contributed by atoms with van der Waals surface area (Å²) < 4.78 is 30.8. The predicted molar refractivity (Wildman–Crippen MR) is 123 cm³/mol. The van der Waals surface area contributed by atoms with E-state index in [-0.39, 0.29) is 36.4 Å². The SMILES string of the molecule is CN1CCC(N(Cc2ccc(F)cc2F)C(=O)NCc2ccc3c(c2)n(C)c(=O)n3C)CC1. The highest BCUT2D eigenvalue weighted by Gasteiger charge is 2.28. The summed E-state index contributed by atoms with van der Waals surface area (Å²) in [6.45, 7) is 2.03. The third kappa shape index (κ3) is 4.78. The van der Waals surface area contributed by atoms with Crippen molar-refractivity contribution in [3.05, 3.63) is 69.6 Å². The lowest BCUT2D eigenvalue weighted by Gasteiger charge is -2.37. The second-order valence-corrected chi connectivity index (χ2v) is 8.78. The molecule has 7 nitrogen and oxygen atoms in total. The summed E-state index contributed by atoms with van der Waals surface area (Å²) in [5, 5.41) is 2.95. The number of rotatable bonds is 5. The Bertz CT molecular complexity index is 1230. The Balaban J connectivity index is 1.52. The third-order valence-electron chi connectivity index (χ3n) is 6.53. The molecule has 0 spiro atoms. The van der Waals surface area contributed by atoms with Crippen LogP contribution in [0.3, 0.4) is 0 Å². The lowest BCUT2D eigenvalue weighted by Crippen LogP contribution is -2.49. The van der Waals surface area contributed by atoms with Gasteiger partial charge in [0.1, 0.15) is 11.6 Å². The van der Waals surface area contributed by atoms with E-state index in [1.54, 1.807) is 28.1 Å². The zero-order chi connectivity index (χ0) is 23.7. The van der Waals surface area contributed by atoms with E-state index in [2.05, 4.69) is 10.2 Å². The van der Waals surface area contributed by atoms with Crippen molar-refractivity contribution in [3.63, 3.8) is 0 Å². The van der Waals surface area contributed by atoms with Gasteiger partial charge in [-0.3, -0.25) is 9.13 Å². The van der Waals surface area contributed by atoms with Crippen molar-refractivity contribution in [1.29, 1.82) is 0 Å². The fraction of sp³-hybridized carbons (Fsp3) is 0.417. The van der Waals surface area contributed by atoms with Crippen LogP contribution in [-0.2, 0) is 27.2 Å². The monoisotopic (exact) mass is 457 g/mol. The minimum atomic E-state index is -0.656. The largest absolute Gasteiger partial charge is 0.334 e. The normalized spacial score (nSPS) is 15.2. The second-order valence-electron chi connectivity index (χ2n) is 8.78. The molecule has 33 heavy (non-hydrogen) atoms. The smallest absolute Gasteiger partial charge is 0.328 e. The average molecular weight is 458 g/mol. The molecule has 9 heteroatoms. The number of amides is 2. The molecule has 1 aliphatic rings. The summed E-state index contributed by atoms with van der Waals surface area (Å²) in [4.78, 5) is 29.2. The van der Waals surface area contributed by atoms with Gasteiger partial charge in [-0.25, -0.2) is 18.4 Å². The van der Waals surface area contributed by atoms with Crippen LogP contribution in [-0.4, -0.2) is 51.1 Å². The molecule has 0 unspecified atom stereocenters. The predicted octanol–water partition coefficient (Wildman–Crippen LogP) is 2.96. The van der Waals surface area contributed by atoms with Crippen molar-refractivity contribution < 1.29 is 13.6 Å². The number of aromatic nitrogens is 2. The number of nitrogens with one attached hydrogen (secondary N) is 1. The van der Waals surface area contributed by atoms with Crippen molar-refractivity contribution in [1.82, 2.24) is 24.3 Å². The molecular formula is C24H29F2N5O2. The number of fused-ring (bicyclic) bond motifs is 1. The quantitative estimate of drug-likeness (QED) is 0.641. The number of hydrogen-bond acceptors (Lipinski definition) is 3. The second kappa shape index (κ2) is 9.35. The average Bonchev–Trinajstić information content (AvgIpc) is 3.01. The number of halogens is 2. The first-order valence-corrected chi connectivity index (χ1v) is 11.1. The molecule has 0 radical (unpaired) electrons. The summed E-state index contributed by atoms with van der Waals surface area (Å²) in [6.07, 6.45) is 1.57. The van der Waals surface area contributed by atoms with Crippen molar-refractivity contribution in [3.8, 4) is 0 Å². The molecule has 0 aliphatic carbocycles. The van der Waals surface area contributed by atoms with Gasteiger partial charge in [0, 0.05) is 38.3 Å². The number of aryl methyl sites for hydroxylation is 2. The van der Waals surface area contributed by atoms with Gasteiger partial charge in [-0.05, 0) is 56.7 Å². The Morgan fingerprint density at radius 1 is 1.03 bits per heavy atom. The molecule has 1 N–H and O–H groups in total. The first-order valence-electron chi connectivity index (χ1n) is 11.1. The van der Waals surface area contributed by atoms with Gasteiger partial charge < -0.3 is 15.1 Å². The summed E-state index contributed by atoms with van der Waals surface area (Å²) >= 11 is 0. The summed E-state index contributed by atoms with van der Waals surface area (Å²) in [7, 11) is 5.47. The minimum Gasteiger partial charge on any atom is -0.334 e. The number of imidazole rings is 1. The van der Waals surface area contributed by atoms with Crippen LogP contribution in [0.2, 0.25) is 0 Å². The van der Waals surface area contributed by atoms with Crippen LogP contribution in [0.25, 0.3) is 11.0 Å². The highest BCUT2D eigenvalue weighted by atomic mass is 19.1. The van der Waals surface area contributed by atoms with Gasteiger partial charge in [-0.1, -0.05) is 12.1 Å². The summed E-state index contributed by atoms with van der Waals surface area (Å²) in [5.74, 6) is -1.30. The van der Waals surface area contributed by atoms with Gasteiger partial charge in [0.15, 0.2) is 0 Å². The Kier molecular flexibility index (Phi) is 6.51. The Labute approximate surface area is 191 Å². The lowest BCUT2D eigenvalue weighted by molar-refractivity contribution is 0.126. The fourth-order valence-corrected chi connectivity index (χ4v) is 4.45. The zero-order valence-electron chi connectivity index (χ0n) is 19.1. The van der Waals surface area contributed by atoms with Crippen LogP contribution in [0.15, 0.2) is 41.2 Å². The highest BCUT2D eigenvalue weighted by molar-refractivity contribution is 5.78. The molecule has 3 aromatic rings. The maximum Gasteiger partial charge on any atom is 0.328 e. The van der Waals surface area contributed by atoms with Crippen LogP contribution in [0, 0.1) is 11.6 Å². The third-order valence-corrected chi connectivity index (χ3v) is 6.53. The van der Waals surface area contributed by atoms with Crippen LogP contribution in [0.1, 0.15) is 24.0 Å². The summed E-state index contributed by atoms with van der Waals surface area (Å²) in [6, 6.07) is 8.74. The van der Waals surface area contributed by atoms with Crippen molar-refractivity contribution in [2.24, 2.45) is 14.1 Å². The van der Waals surface area contributed by atoms with Gasteiger partial charge in [0.05, 0.1) is 17.6 Å². The Morgan fingerprint density at radius 2 is 1.73 bits per heavy atom. The van der Waals surface area contributed by atoms with Gasteiger partial charge in [-0.15, -0.1) is 0 Å². The standard InChI is InChI=1S/C24H29F2N5O2/c1-28-10-8-19(9-11-28)31(15-17-5-6-18(25)13-20(17)26)23(32)27-14-16-4-7-21-22(12-16)30(3)24(33)29(21)2/h4-7,12-13,19H,8-11,14-15H2,1-3H3,(H,27,32). The maximum absolute atomic E-state index is 14.3. The van der Waals surface area contributed by atoms with E-state index >= 15 is 0 Å². The fourth-order valence-electron chi connectivity index (χ4n) is 4.45. The molecular weight excluding hydrogens is 428 g/mol. The van der Waals surface area contributed by atoms with Crippen molar-refractivity contribution >= 4 is 17.1 Å². The topological polar surface area (TPSA) is 62.5 Å². The van der Waals surface area contributed by atoms with Gasteiger partial charge in [0.25, 0.3) is 0 Å². The van der Waals surface area contributed by atoms with Crippen molar-refractivity contribution in [2.75, 3.05) is 20.1 Å². The van der Waals surface area contributed by atoms with Crippen LogP contribution in [0.4, 0.5) is 13.6 Å². The van der Waals surface area contributed by atoms with Crippen LogP contribution in [0.5, 0.6) is 0 Å². The van der Waals surface area contributed by atoms with Crippen molar-refractivity contribution in [2.45, 2.75) is 32.0 Å². The molecule has 0 bridgehead atoms. The first kappa shape index (κ1) is 23.0. The van der Waals surface area contributed by atoms with E-state index < -0.39 is 11.6 Å². The highest BCUT2D eigenvalue weighted by Crippen LogP contribution is 2.21. The van der Waals surface area contributed by atoms with Crippen LogP contribution < -0.4 is 11.0 Å². The molecule has 1 fully saturated rings. The summed E-state index contributed by atoms with van der Waals surface area (Å²) in [5.41, 5.74) is 2.63. The van der Waals surface area contributed by atoms with E-state index in [0.29, 0.717) is 0 Å². The number of likely N-dealkylation sites (tertiary alicyclic amines) is 1. The Morgan fingerprint density at radius 3 is 2.42 bits per heavy atom. The minimum absolute atomic E-state index is 0.0388. The number of piperidine rings is 1. The number of urea groups is 1. The molecule has 1 aliphatic heterocycles. The molecule has 0 saturated carbocycles. The number of nitrogens with zero attached hydrogens (tertiary/aromatic N) is 4. The van der Waals surface area contributed by atoms with E-state index in [9.17, 15) is 18.4 Å². The van der Waals surface area contributed by atoms with Gasteiger partial charge in [-0.2, -0.15) is 0 Å². The molecule has 4 rings (SSSR count). The molecule has 1 saturated heterocycles. The van der Waals surface area contributed by atoms with Crippen LogP contribution >= 0.6 is 0 Å². The van der Waals surface area contributed by atoms with E-state index in [1.807, 2.05) is 25.2 Å². The van der Waals surface area contributed by atoms with Gasteiger partial charge in [0.2, 0.25) is 0 Å². The number of carbonyl (C=O) groups excluding carboxylic acids is 1. The van der Waals surface area contributed by atoms with E-state index in [4.69, 9.17) is 0 Å². The molecule has 0 atom stereocenters. The first-order chi connectivity index (χ1) is 15.7. The number of carbonyl (C=O) groups is 1. The van der Waals surface area contributed by atoms with E-state index in [1.165, 1.54) is 12.1 Å². The maximum atomic E-state index is 14.3. The Hall–Kier alpha value is -3.20. The molecule has 2 aromatic carbocycles.